The number of carbonyl (C=O) groups excluding carboxylic acids is 1. The van der Waals surface area contributed by atoms with Crippen LogP contribution in [-0.2, 0) is 10.2 Å². The van der Waals surface area contributed by atoms with Crippen LogP contribution in [0.15, 0.2) is 48.5 Å². The van der Waals surface area contributed by atoms with E-state index in [1.165, 1.54) is 0 Å². The molecule has 0 unspecified atom stereocenters. The van der Waals surface area contributed by atoms with Crippen LogP contribution >= 0.6 is 0 Å². The molecule has 37 heavy (non-hydrogen) atoms. The number of halogens is 3. The van der Waals surface area contributed by atoms with Crippen LogP contribution in [0, 0.1) is 12.3 Å². The van der Waals surface area contributed by atoms with Gasteiger partial charge < -0.3 is 15.0 Å². The number of hydrogen-bond acceptors (Lipinski definition) is 5. The van der Waals surface area contributed by atoms with Gasteiger partial charge in [-0.15, -0.1) is 0 Å². The van der Waals surface area contributed by atoms with E-state index < -0.39 is 17.3 Å². The summed E-state index contributed by atoms with van der Waals surface area (Å²) in [5, 5.41) is 10.7. The van der Waals surface area contributed by atoms with Crippen molar-refractivity contribution in [3.05, 3.63) is 65.2 Å². The van der Waals surface area contributed by atoms with Crippen molar-refractivity contribution in [3.63, 3.8) is 0 Å². The third-order valence-corrected chi connectivity index (χ3v) is 7.67. The average Bonchev–Trinajstić information content (AvgIpc) is 2.81. The lowest BCUT2D eigenvalue weighted by atomic mass is 9.61. The maximum absolute atomic E-state index is 13.4. The highest BCUT2D eigenvalue weighted by molar-refractivity contribution is 6.04. The summed E-state index contributed by atoms with van der Waals surface area (Å²) in [6, 6.07) is 12.4. The van der Waals surface area contributed by atoms with Gasteiger partial charge in [-0.2, -0.15) is 13.2 Å². The minimum atomic E-state index is -4.79. The highest BCUT2D eigenvalue weighted by atomic mass is 19.4. The maximum Gasteiger partial charge on any atom is 0.432 e. The third kappa shape index (κ3) is 5.90. The monoisotopic (exact) mass is 513 g/mol. The standard InChI is InChI=1S/C29H34F3N3O2/c1-19-24(28(20(2)36)12-7-13-28)16-21(17-26(19)37-23-10-14-35(3)15-11-23)25(18-27(33)29(30,31)32)34-22-8-5-4-6-9-22/h4-6,8-9,16-18,23,33-34H,7,10-15H2,1-3H3/b25-18-,33-27?. The number of rotatable bonds is 8. The van der Waals surface area contributed by atoms with Crippen LogP contribution in [0.25, 0.3) is 5.70 Å². The summed E-state index contributed by atoms with van der Waals surface area (Å²) < 4.78 is 46.7. The van der Waals surface area contributed by atoms with E-state index >= 15 is 0 Å². The van der Waals surface area contributed by atoms with Crippen LogP contribution in [-0.4, -0.2) is 48.8 Å². The molecule has 2 aromatic rings. The van der Waals surface area contributed by atoms with E-state index in [4.69, 9.17) is 10.1 Å². The number of hydrogen-bond donors (Lipinski definition) is 2. The van der Waals surface area contributed by atoms with Crippen molar-refractivity contribution in [3.8, 4) is 5.75 Å². The van der Waals surface area contributed by atoms with Gasteiger partial charge in [0.15, 0.2) is 0 Å². The molecule has 2 aromatic carbocycles. The Labute approximate surface area is 216 Å². The Bertz CT molecular complexity index is 1180. The van der Waals surface area contributed by atoms with Gasteiger partial charge in [0.2, 0.25) is 0 Å². The van der Waals surface area contributed by atoms with E-state index in [1.54, 1.807) is 37.3 Å². The van der Waals surface area contributed by atoms with Crippen LogP contribution in [0.5, 0.6) is 5.75 Å². The van der Waals surface area contributed by atoms with Crippen LogP contribution in [0.1, 0.15) is 55.7 Å². The van der Waals surface area contributed by atoms with Gasteiger partial charge in [-0.25, -0.2) is 0 Å². The van der Waals surface area contributed by atoms with E-state index in [-0.39, 0.29) is 17.6 Å². The van der Waals surface area contributed by atoms with Crippen molar-refractivity contribution in [1.29, 1.82) is 5.41 Å². The van der Waals surface area contributed by atoms with Crippen molar-refractivity contribution in [1.82, 2.24) is 4.90 Å². The number of ketones is 1. The Morgan fingerprint density at radius 1 is 1.16 bits per heavy atom. The molecule has 0 bridgehead atoms. The second kappa shape index (κ2) is 10.7. The Kier molecular flexibility index (Phi) is 7.78. The molecule has 0 amide bonds. The van der Waals surface area contributed by atoms with Crippen LogP contribution in [0.4, 0.5) is 18.9 Å². The summed E-state index contributed by atoms with van der Waals surface area (Å²) in [6.07, 6.45) is -0.00305. The second-order valence-corrected chi connectivity index (χ2v) is 10.2. The summed E-state index contributed by atoms with van der Waals surface area (Å²) >= 11 is 0. The van der Waals surface area contributed by atoms with E-state index in [0.717, 1.165) is 49.6 Å². The highest BCUT2D eigenvalue weighted by Crippen LogP contribution is 2.48. The number of anilines is 1. The molecule has 2 aliphatic rings. The van der Waals surface area contributed by atoms with Gasteiger partial charge >= 0.3 is 6.18 Å². The first-order valence-corrected chi connectivity index (χ1v) is 12.7. The maximum atomic E-state index is 13.4. The van der Waals surface area contributed by atoms with Crippen LogP contribution in [0.2, 0.25) is 0 Å². The largest absolute Gasteiger partial charge is 0.490 e. The van der Waals surface area contributed by atoms with Crippen LogP contribution in [0.3, 0.4) is 0 Å². The van der Waals surface area contributed by atoms with E-state index in [2.05, 4.69) is 17.3 Å². The second-order valence-electron chi connectivity index (χ2n) is 10.2. The number of Topliss-reactive ketones (excluding diaryl/α,β-unsaturated/α-hetero) is 1. The van der Waals surface area contributed by atoms with Gasteiger partial charge in [-0.05, 0) is 88.0 Å². The van der Waals surface area contributed by atoms with Gasteiger partial charge in [0.05, 0.1) is 5.41 Å². The van der Waals surface area contributed by atoms with E-state index in [1.807, 2.05) is 19.1 Å². The Morgan fingerprint density at radius 2 is 1.81 bits per heavy atom. The number of nitrogens with zero attached hydrogens (tertiary/aromatic N) is 1. The fourth-order valence-electron chi connectivity index (χ4n) is 5.18. The van der Waals surface area contributed by atoms with Crippen molar-refractivity contribution >= 4 is 22.9 Å². The number of nitrogens with one attached hydrogen (secondary N) is 2. The van der Waals surface area contributed by atoms with Gasteiger partial charge in [-0.1, -0.05) is 24.6 Å². The number of alkyl halides is 3. The molecule has 8 heteroatoms. The molecular formula is C29H34F3N3O2. The number of ether oxygens (including phenoxy) is 1. The van der Waals surface area contributed by atoms with Gasteiger partial charge in [-0.3, -0.25) is 10.2 Å². The zero-order valence-electron chi connectivity index (χ0n) is 21.5. The molecule has 0 atom stereocenters. The lowest BCUT2D eigenvalue weighted by molar-refractivity contribution is -0.125. The molecular weight excluding hydrogens is 479 g/mol. The van der Waals surface area contributed by atoms with Crippen molar-refractivity contribution in [2.75, 3.05) is 25.5 Å². The van der Waals surface area contributed by atoms with E-state index in [9.17, 15) is 18.0 Å². The first-order valence-electron chi connectivity index (χ1n) is 12.7. The predicted molar refractivity (Wildman–Crippen MR) is 140 cm³/mol. The topological polar surface area (TPSA) is 65.4 Å². The SMILES string of the molecule is CC(=O)C1(c2cc(/C(=C/C(=N)C(F)(F)F)Nc3ccccc3)cc(OC3CCN(C)CC3)c2C)CCC1. The van der Waals surface area contributed by atoms with Crippen molar-refractivity contribution in [2.24, 2.45) is 0 Å². The summed E-state index contributed by atoms with van der Waals surface area (Å²) in [4.78, 5) is 15.1. The first-order chi connectivity index (χ1) is 17.5. The average molecular weight is 514 g/mol. The molecule has 1 saturated carbocycles. The smallest absolute Gasteiger partial charge is 0.432 e. The van der Waals surface area contributed by atoms with Crippen molar-refractivity contribution < 1.29 is 22.7 Å². The number of carbonyl (C=O) groups is 1. The van der Waals surface area contributed by atoms with E-state index in [0.29, 0.717) is 29.8 Å². The zero-order chi connectivity index (χ0) is 26.8. The molecule has 2 N–H and O–H groups in total. The molecule has 0 spiro atoms. The summed E-state index contributed by atoms with van der Waals surface area (Å²) in [7, 11) is 2.06. The fourth-order valence-corrected chi connectivity index (χ4v) is 5.18. The molecule has 2 fully saturated rings. The molecule has 4 rings (SSSR count). The molecule has 0 aromatic heterocycles. The molecule has 0 radical (unpaired) electrons. The van der Waals surface area contributed by atoms with Gasteiger partial charge in [0.25, 0.3) is 0 Å². The normalized spacial score (nSPS) is 18.7. The number of benzene rings is 2. The predicted octanol–water partition coefficient (Wildman–Crippen LogP) is 6.51. The highest BCUT2D eigenvalue weighted by Gasteiger charge is 2.45. The minimum absolute atomic E-state index is 0.0179. The summed E-state index contributed by atoms with van der Waals surface area (Å²) in [6.45, 7) is 5.31. The summed E-state index contributed by atoms with van der Waals surface area (Å²) in [5.74, 6) is 0.628. The Morgan fingerprint density at radius 3 is 2.35 bits per heavy atom. The van der Waals surface area contributed by atoms with Gasteiger partial charge in [0, 0.05) is 30.0 Å². The third-order valence-electron chi connectivity index (χ3n) is 7.67. The fraction of sp³-hybridized carbons (Fsp3) is 0.448. The van der Waals surface area contributed by atoms with Crippen molar-refractivity contribution in [2.45, 2.75) is 63.6 Å². The Balaban J connectivity index is 1.84. The molecule has 5 nitrogen and oxygen atoms in total. The number of para-hydroxylation sites is 1. The van der Waals surface area contributed by atoms with Crippen LogP contribution < -0.4 is 10.1 Å². The first kappa shape index (κ1) is 26.9. The molecule has 1 aliphatic carbocycles. The van der Waals surface area contributed by atoms with Gasteiger partial charge in [0.1, 0.15) is 23.3 Å². The lowest BCUT2D eigenvalue weighted by Gasteiger charge is -2.42. The number of allylic oxidation sites excluding steroid dienone is 1. The minimum Gasteiger partial charge on any atom is -0.490 e. The Hall–Kier alpha value is -3.13. The number of likely N-dealkylation sites (tertiary alicyclic amines) is 1. The molecule has 1 heterocycles. The quantitative estimate of drug-likeness (QED) is 0.395. The number of piperidine rings is 1. The molecule has 1 aliphatic heterocycles. The lowest BCUT2D eigenvalue weighted by Crippen LogP contribution is -2.42. The molecule has 198 valence electrons. The summed E-state index contributed by atoms with van der Waals surface area (Å²) in [5.41, 5.74) is 0.688. The zero-order valence-corrected chi connectivity index (χ0v) is 21.5. The molecule has 1 saturated heterocycles.